The van der Waals surface area contributed by atoms with E-state index in [1.54, 1.807) is 6.07 Å². The Morgan fingerprint density at radius 3 is 2.89 bits per heavy atom. The molecule has 0 spiro atoms. The van der Waals surface area contributed by atoms with E-state index in [1.807, 2.05) is 4.57 Å². The predicted octanol–water partition coefficient (Wildman–Crippen LogP) is 2.59. The van der Waals surface area contributed by atoms with Gasteiger partial charge in [-0.3, -0.25) is 0 Å². The number of fused-ring (bicyclic) bond motifs is 1. The van der Waals surface area contributed by atoms with E-state index in [-0.39, 0.29) is 5.82 Å². The first-order chi connectivity index (χ1) is 9.11. The number of hydrogen-bond donors (Lipinski definition) is 2. The second kappa shape index (κ2) is 6.02. The fraction of sp³-hybridized carbons (Fsp3) is 0.500. The first-order valence-corrected chi connectivity index (χ1v) is 6.71. The van der Waals surface area contributed by atoms with Crippen molar-refractivity contribution < 1.29 is 4.39 Å². The van der Waals surface area contributed by atoms with Crippen molar-refractivity contribution in [3.63, 3.8) is 0 Å². The maximum absolute atomic E-state index is 13.2. The number of nitrogens with one attached hydrogen (secondary N) is 1. The van der Waals surface area contributed by atoms with Crippen LogP contribution >= 0.6 is 0 Å². The van der Waals surface area contributed by atoms with Crippen LogP contribution in [0.3, 0.4) is 0 Å². The van der Waals surface area contributed by atoms with Crippen molar-refractivity contribution >= 4 is 17.0 Å². The molecule has 0 aliphatic carbocycles. The fourth-order valence-electron chi connectivity index (χ4n) is 2.07. The van der Waals surface area contributed by atoms with E-state index in [0.717, 1.165) is 24.4 Å². The van der Waals surface area contributed by atoms with E-state index in [4.69, 9.17) is 5.73 Å². The lowest BCUT2D eigenvalue weighted by atomic mass is 10.1. The zero-order valence-electron chi connectivity index (χ0n) is 11.5. The molecule has 1 heterocycles. The molecule has 5 heteroatoms. The molecule has 0 radical (unpaired) electrons. The molecule has 0 bridgehead atoms. The largest absolute Gasteiger partial charge is 0.356 e. The smallest absolute Gasteiger partial charge is 0.203 e. The molecule has 3 N–H and O–H groups in total. The molecule has 2 rings (SSSR count). The van der Waals surface area contributed by atoms with Crippen molar-refractivity contribution in [1.82, 2.24) is 9.55 Å². The number of rotatable bonds is 6. The van der Waals surface area contributed by atoms with E-state index in [1.165, 1.54) is 12.1 Å². The lowest BCUT2D eigenvalue weighted by Crippen LogP contribution is -2.14. The van der Waals surface area contributed by atoms with Gasteiger partial charge >= 0.3 is 0 Å². The van der Waals surface area contributed by atoms with Crippen LogP contribution in [0.4, 0.5) is 10.3 Å². The third-order valence-corrected chi connectivity index (χ3v) is 3.07. The average molecular weight is 264 g/mol. The van der Waals surface area contributed by atoms with Gasteiger partial charge in [0.2, 0.25) is 5.95 Å². The summed E-state index contributed by atoms with van der Waals surface area (Å²) in [5.74, 6) is 1.14. The Labute approximate surface area is 112 Å². The molecule has 104 valence electrons. The van der Waals surface area contributed by atoms with Crippen LogP contribution in [0.25, 0.3) is 11.0 Å². The summed E-state index contributed by atoms with van der Waals surface area (Å²) in [6.07, 6.45) is 1.07. The molecule has 0 aliphatic rings. The van der Waals surface area contributed by atoms with E-state index >= 15 is 0 Å². The Balaban J connectivity index is 2.27. The highest BCUT2D eigenvalue weighted by molar-refractivity contribution is 5.78. The van der Waals surface area contributed by atoms with Gasteiger partial charge in [-0.25, -0.2) is 9.37 Å². The lowest BCUT2D eigenvalue weighted by Gasteiger charge is -2.10. The zero-order valence-corrected chi connectivity index (χ0v) is 11.5. The second-order valence-corrected chi connectivity index (χ2v) is 5.12. The van der Waals surface area contributed by atoms with E-state index in [9.17, 15) is 4.39 Å². The average Bonchev–Trinajstić information content (AvgIpc) is 2.67. The first kappa shape index (κ1) is 13.8. The standard InChI is InChI=1S/C14H21FN4/c1-10(2)5-7-17-14-18-12-9-11(15)3-4-13(12)19(14)8-6-16/h3-4,9-10H,5-8,16H2,1-2H3,(H,17,18). The van der Waals surface area contributed by atoms with Gasteiger partial charge in [-0.05, 0) is 24.5 Å². The summed E-state index contributed by atoms with van der Waals surface area (Å²) in [7, 11) is 0. The van der Waals surface area contributed by atoms with Crippen LogP contribution in [0.2, 0.25) is 0 Å². The minimum absolute atomic E-state index is 0.265. The minimum atomic E-state index is -0.265. The van der Waals surface area contributed by atoms with Gasteiger partial charge in [0.15, 0.2) is 0 Å². The number of imidazole rings is 1. The van der Waals surface area contributed by atoms with Crippen molar-refractivity contribution in [1.29, 1.82) is 0 Å². The summed E-state index contributed by atoms with van der Waals surface area (Å²) >= 11 is 0. The highest BCUT2D eigenvalue weighted by atomic mass is 19.1. The molecule has 0 unspecified atom stereocenters. The van der Waals surface area contributed by atoms with Crippen molar-refractivity contribution in [3.8, 4) is 0 Å². The molecule has 0 saturated heterocycles. The van der Waals surface area contributed by atoms with Gasteiger partial charge in [0.25, 0.3) is 0 Å². The normalized spacial score (nSPS) is 11.4. The maximum Gasteiger partial charge on any atom is 0.203 e. The molecule has 2 aromatic rings. The summed E-state index contributed by atoms with van der Waals surface area (Å²) < 4.78 is 15.2. The van der Waals surface area contributed by atoms with Gasteiger partial charge in [0.05, 0.1) is 11.0 Å². The van der Waals surface area contributed by atoms with Crippen LogP contribution in [0.15, 0.2) is 18.2 Å². The Kier molecular flexibility index (Phi) is 4.37. The number of benzene rings is 1. The topological polar surface area (TPSA) is 55.9 Å². The van der Waals surface area contributed by atoms with Gasteiger partial charge in [-0.2, -0.15) is 0 Å². The number of nitrogens with two attached hydrogens (primary N) is 1. The Morgan fingerprint density at radius 1 is 1.42 bits per heavy atom. The third-order valence-electron chi connectivity index (χ3n) is 3.07. The molecule has 1 aromatic heterocycles. The second-order valence-electron chi connectivity index (χ2n) is 5.12. The molecule has 0 amide bonds. The number of halogens is 1. The van der Waals surface area contributed by atoms with Gasteiger partial charge in [-0.15, -0.1) is 0 Å². The molecular weight excluding hydrogens is 243 g/mol. The van der Waals surface area contributed by atoms with Gasteiger partial charge in [0.1, 0.15) is 5.82 Å². The fourth-order valence-corrected chi connectivity index (χ4v) is 2.07. The summed E-state index contributed by atoms with van der Waals surface area (Å²) in [6.45, 7) is 6.42. The molecule has 0 fully saturated rings. The highest BCUT2D eigenvalue weighted by Crippen LogP contribution is 2.20. The number of nitrogens with zero attached hydrogens (tertiary/aromatic N) is 2. The molecule has 0 saturated carbocycles. The Bertz CT molecular complexity index is 548. The van der Waals surface area contributed by atoms with E-state index in [0.29, 0.717) is 24.5 Å². The molecule has 0 atom stereocenters. The van der Waals surface area contributed by atoms with Crippen LogP contribution in [0.1, 0.15) is 20.3 Å². The quantitative estimate of drug-likeness (QED) is 0.843. The summed E-state index contributed by atoms with van der Waals surface area (Å²) in [5.41, 5.74) is 7.22. The van der Waals surface area contributed by atoms with Crippen molar-refractivity contribution in [3.05, 3.63) is 24.0 Å². The van der Waals surface area contributed by atoms with Gasteiger partial charge in [-0.1, -0.05) is 13.8 Å². The lowest BCUT2D eigenvalue weighted by molar-refractivity contribution is 0.603. The zero-order chi connectivity index (χ0) is 13.8. The summed E-state index contributed by atoms with van der Waals surface area (Å²) in [4.78, 5) is 4.45. The van der Waals surface area contributed by atoms with Crippen molar-refractivity contribution in [2.24, 2.45) is 11.7 Å². The molecule has 1 aromatic carbocycles. The van der Waals surface area contributed by atoms with Crippen LogP contribution in [0, 0.1) is 11.7 Å². The van der Waals surface area contributed by atoms with E-state index in [2.05, 4.69) is 24.1 Å². The first-order valence-electron chi connectivity index (χ1n) is 6.71. The summed E-state index contributed by atoms with van der Waals surface area (Å²) in [6, 6.07) is 4.66. The van der Waals surface area contributed by atoms with Crippen LogP contribution in [0.5, 0.6) is 0 Å². The predicted molar refractivity (Wildman–Crippen MR) is 76.7 cm³/mol. The Hall–Kier alpha value is -1.62. The number of aromatic nitrogens is 2. The van der Waals surface area contributed by atoms with Crippen molar-refractivity contribution in [2.75, 3.05) is 18.4 Å². The molecule has 4 nitrogen and oxygen atoms in total. The van der Waals surface area contributed by atoms with Crippen LogP contribution in [-0.2, 0) is 6.54 Å². The maximum atomic E-state index is 13.2. The third kappa shape index (κ3) is 3.23. The minimum Gasteiger partial charge on any atom is -0.356 e. The van der Waals surface area contributed by atoms with Gasteiger partial charge < -0.3 is 15.6 Å². The summed E-state index contributed by atoms with van der Waals surface area (Å²) in [5, 5.41) is 3.31. The van der Waals surface area contributed by atoms with Crippen LogP contribution < -0.4 is 11.1 Å². The molecular formula is C14H21FN4. The SMILES string of the molecule is CC(C)CCNc1nc2cc(F)ccc2n1CCN. The van der Waals surface area contributed by atoms with E-state index < -0.39 is 0 Å². The highest BCUT2D eigenvalue weighted by Gasteiger charge is 2.10. The monoisotopic (exact) mass is 264 g/mol. The number of anilines is 1. The Morgan fingerprint density at radius 2 is 2.21 bits per heavy atom. The van der Waals surface area contributed by atoms with Gasteiger partial charge in [0, 0.05) is 25.7 Å². The molecule has 19 heavy (non-hydrogen) atoms. The van der Waals surface area contributed by atoms with Crippen LogP contribution in [-0.4, -0.2) is 22.6 Å². The van der Waals surface area contributed by atoms with Crippen molar-refractivity contribution in [2.45, 2.75) is 26.8 Å². The molecule has 0 aliphatic heterocycles. The number of hydrogen-bond acceptors (Lipinski definition) is 3.